The molecule has 0 fully saturated rings. The predicted molar refractivity (Wildman–Crippen MR) is 88.5 cm³/mol. The summed E-state index contributed by atoms with van der Waals surface area (Å²) in [5.74, 6) is 1.72. The maximum Gasteiger partial charge on any atom is 0.122 e. The van der Waals surface area contributed by atoms with E-state index in [0.717, 1.165) is 44.0 Å². The Labute approximate surface area is 129 Å². The average Bonchev–Trinajstić information content (AvgIpc) is 2.49. The van der Waals surface area contributed by atoms with Crippen LogP contribution in [0.3, 0.4) is 0 Å². The fourth-order valence-electron chi connectivity index (χ4n) is 2.16. The maximum absolute atomic E-state index is 5.29. The Hall–Kier alpha value is -1.26. The summed E-state index contributed by atoms with van der Waals surface area (Å²) in [6.45, 7) is 7.55. The number of aryl methyl sites for hydroxylation is 1. The highest BCUT2D eigenvalue weighted by molar-refractivity contribution is 5.38. The maximum atomic E-state index is 5.29. The molecule has 0 aliphatic carbocycles. The van der Waals surface area contributed by atoms with E-state index in [0.29, 0.717) is 6.04 Å². The van der Waals surface area contributed by atoms with Crippen molar-refractivity contribution in [3.8, 4) is 11.5 Å². The number of ether oxygens (including phenoxy) is 2. The smallest absolute Gasteiger partial charge is 0.122 e. The van der Waals surface area contributed by atoms with Crippen LogP contribution in [-0.4, -0.2) is 39.9 Å². The summed E-state index contributed by atoms with van der Waals surface area (Å²) in [7, 11) is 3.37. The zero-order valence-corrected chi connectivity index (χ0v) is 13.9. The van der Waals surface area contributed by atoms with Crippen molar-refractivity contribution in [2.75, 3.05) is 33.9 Å². The van der Waals surface area contributed by atoms with E-state index in [4.69, 9.17) is 9.47 Å². The number of hydrogen-bond donors (Lipinski definition) is 2. The fraction of sp³-hybridized carbons (Fsp3) is 0.647. The fourth-order valence-corrected chi connectivity index (χ4v) is 2.16. The van der Waals surface area contributed by atoms with E-state index in [-0.39, 0.29) is 0 Å². The molecule has 0 saturated carbocycles. The van der Waals surface area contributed by atoms with Crippen molar-refractivity contribution in [2.24, 2.45) is 0 Å². The number of rotatable bonds is 11. The minimum Gasteiger partial charge on any atom is -0.497 e. The van der Waals surface area contributed by atoms with E-state index in [1.54, 1.807) is 14.2 Å². The molecule has 0 spiro atoms. The van der Waals surface area contributed by atoms with Crippen LogP contribution in [0, 0.1) is 0 Å². The van der Waals surface area contributed by atoms with Gasteiger partial charge in [-0.05, 0) is 56.6 Å². The molecule has 1 rings (SSSR count). The summed E-state index contributed by atoms with van der Waals surface area (Å²) in [4.78, 5) is 0. The van der Waals surface area contributed by atoms with Crippen molar-refractivity contribution >= 4 is 0 Å². The van der Waals surface area contributed by atoms with Crippen molar-refractivity contribution in [3.05, 3.63) is 23.8 Å². The monoisotopic (exact) mass is 294 g/mol. The van der Waals surface area contributed by atoms with Crippen LogP contribution in [0.5, 0.6) is 11.5 Å². The molecule has 4 heteroatoms. The van der Waals surface area contributed by atoms with Gasteiger partial charge in [-0.15, -0.1) is 0 Å². The first-order valence-corrected chi connectivity index (χ1v) is 7.81. The zero-order chi connectivity index (χ0) is 15.5. The lowest BCUT2D eigenvalue weighted by Crippen LogP contribution is -2.27. The van der Waals surface area contributed by atoms with Crippen molar-refractivity contribution in [3.63, 3.8) is 0 Å². The van der Waals surface area contributed by atoms with Crippen LogP contribution in [0.2, 0.25) is 0 Å². The van der Waals surface area contributed by atoms with Crippen LogP contribution in [0.4, 0.5) is 0 Å². The normalized spacial score (nSPS) is 10.9. The second kappa shape index (κ2) is 10.5. The second-order valence-electron chi connectivity index (χ2n) is 5.54. The zero-order valence-electron chi connectivity index (χ0n) is 13.9. The molecule has 0 unspecified atom stereocenters. The Bertz CT molecular complexity index is 372. The molecule has 0 radical (unpaired) electrons. The lowest BCUT2D eigenvalue weighted by atomic mass is 10.1. The first-order valence-electron chi connectivity index (χ1n) is 7.81. The van der Waals surface area contributed by atoms with Crippen molar-refractivity contribution in [2.45, 2.75) is 39.2 Å². The van der Waals surface area contributed by atoms with Gasteiger partial charge in [-0.25, -0.2) is 0 Å². The molecule has 0 amide bonds. The highest BCUT2D eigenvalue weighted by atomic mass is 16.5. The molecule has 1 aromatic carbocycles. The lowest BCUT2D eigenvalue weighted by Gasteiger charge is -2.10. The molecule has 0 aromatic heterocycles. The van der Waals surface area contributed by atoms with Gasteiger partial charge in [0.25, 0.3) is 0 Å². The van der Waals surface area contributed by atoms with Gasteiger partial charge in [-0.2, -0.15) is 0 Å². The summed E-state index contributed by atoms with van der Waals surface area (Å²) in [5.41, 5.74) is 1.26. The van der Waals surface area contributed by atoms with E-state index in [9.17, 15) is 0 Å². The van der Waals surface area contributed by atoms with Gasteiger partial charge in [0, 0.05) is 12.1 Å². The lowest BCUT2D eigenvalue weighted by molar-refractivity contribution is 0.393. The molecule has 0 bridgehead atoms. The highest BCUT2D eigenvalue weighted by Crippen LogP contribution is 2.23. The van der Waals surface area contributed by atoms with E-state index in [1.807, 2.05) is 6.07 Å². The molecule has 0 atom stereocenters. The summed E-state index contributed by atoms with van der Waals surface area (Å²) < 4.78 is 10.6. The Morgan fingerprint density at radius 1 is 0.905 bits per heavy atom. The van der Waals surface area contributed by atoms with E-state index >= 15 is 0 Å². The van der Waals surface area contributed by atoms with Crippen molar-refractivity contribution < 1.29 is 9.47 Å². The standard InChI is InChI=1S/C17H30N2O2/c1-14(2)19-10-6-9-18-8-5-7-15-11-16(20-3)13-17(12-15)21-4/h11-14,18-19H,5-10H2,1-4H3. The van der Waals surface area contributed by atoms with Crippen molar-refractivity contribution in [1.29, 1.82) is 0 Å². The molecule has 0 heterocycles. The van der Waals surface area contributed by atoms with Crippen LogP contribution in [-0.2, 0) is 6.42 Å². The summed E-state index contributed by atoms with van der Waals surface area (Å²) in [6, 6.07) is 6.64. The average molecular weight is 294 g/mol. The number of hydrogen-bond acceptors (Lipinski definition) is 4. The minimum atomic E-state index is 0.577. The van der Waals surface area contributed by atoms with Crippen molar-refractivity contribution in [1.82, 2.24) is 10.6 Å². The topological polar surface area (TPSA) is 42.5 Å². The van der Waals surface area contributed by atoms with Gasteiger partial charge in [0.05, 0.1) is 14.2 Å². The third kappa shape index (κ3) is 7.93. The third-order valence-corrected chi connectivity index (χ3v) is 3.31. The molecule has 0 saturated heterocycles. The molecule has 120 valence electrons. The van der Waals surface area contributed by atoms with Gasteiger partial charge in [0.15, 0.2) is 0 Å². The van der Waals surface area contributed by atoms with Crippen LogP contribution in [0.15, 0.2) is 18.2 Å². The molecule has 0 aliphatic heterocycles. The SMILES string of the molecule is COc1cc(CCCNCCCNC(C)C)cc(OC)c1. The molecule has 4 nitrogen and oxygen atoms in total. The quantitative estimate of drug-likeness (QED) is 0.616. The van der Waals surface area contributed by atoms with E-state index in [1.165, 1.54) is 12.0 Å². The van der Waals surface area contributed by atoms with Crippen LogP contribution in [0.1, 0.15) is 32.3 Å². The van der Waals surface area contributed by atoms with Gasteiger partial charge in [-0.3, -0.25) is 0 Å². The highest BCUT2D eigenvalue weighted by Gasteiger charge is 2.01. The van der Waals surface area contributed by atoms with E-state index in [2.05, 4.69) is 36.6 Å². The van der Waals surface area contributed by atoms with Crippen LogP contribution in [0.25, 0.3) is 0 Å². The summed E-state index contributed by atoms with van der Waals surface area (Å²) >= 11 is 0. The predicted octanol–water partition coefficient (Wildman–Crippen LogP) is 2.61. The summed E-state index contributed by atoms with van der Waals surface area (Å²) in [5, 5.41) is 6.90. The van der Waals surface area contributed by atoms with E-state index < -0.39 is 0 Å². The van der Waals surface area contributed by atoms with Gasteiger partial charge < -0.3 is 20.1 Å². The molecule has 21 heavy (non-hydrogen) atoms. The van der Waals surface area contributed by atoms with Gasteiger partial charge in [-0.1, -0.05) is 13.8 Å². The number of nitrogens with one attached hydrogen (secondary N) is 2. The van der Waals surface area contributed by atoms with Gasteiger partial charge >= 0.3 is 0 Å². The van der Waals surface area contributed by atoms with Crippen LogP contribution < -0.4 is 20.1 Å². The second-order valence-corrected chi connectivity index (χ2v) is 5.54. The number of benzene rings is 1. The number of methoxy groups -OCH3 is 2. The first kappa shape index (κ1) is 17.8. The minimum absolute atomic E-state index is 0.577. The molecular weight excluding hydrogens is 264 g/mol. The third-order valence-electron chi connectivity index (χ3n) is 3.31. The Balaban J connectivity index is 2.17. The Morgan fingerprint density at radius 2 is 1.52 bits per heavy atom. The Kier molecular flexibility index (Phi) is 8.87. The molecule has 1 aromatic rings. The molecule has 0 aliphatic rings. The first-order chi connectivity index (χ1) is 10.2. The van der Waals surface area contributed by atoms with Crippen LogP contribution >= 0.6 is 0 Å². The molecule has 2 N–H and O–H groups in total. The van der Waals surface area contributed by atoms with Gasteiger partial charge in [0.1, 0.15) is 11.5 Å². The van der Waals surface area contributed by atoms with Gasteiger partial charge in [0.2, 0.25) is 0 Å². The Morgan fingerprint density at radius 3 is 2.10 bits per heavy atom. The summed E-state index contributed by atoms with van der Waals surface area (Å²) in [6.07, 6.45) is 3.32. The largest absolute Gasteiger partial charge is 0.497 e. The molecular formula is C17H30N2O2.